The maximum atomic E-state index is 11.3. The molecule has 0 unspecified atom stereocenters. The summed E-state index contributed by atoms with van der Waals surface area (Å²) >= 11 is 0. The van der Waals surface area contributed by atoms with Gasteiger partial charge in [-0.2, -0.15) is 0 Å². The monoisotopic (exact) mass is 275 g/mol. The van der Waals surface area contributed by atoms with Gasteiger partial charge in [-0.05, 0) is 36.8 Å². The number of carbonyl (C=O) groups excluding carboxylic acids is 1. The van der Waals surface area contributed by atoms with Crippen molar-refractivity contribution in [2.75, 3.05) is 27.2 Å². The van der Waals surface area contributed by atoms with Gasteiger partial charge in [0.05, 0.1) is 0 Å². The van der Waals surface area contributed by atoms with Crippen LogP contribution in [0.3, 0.4) is 0 Å². The molecule has 4 nitrogen and oxygen atoms in total. The minimum absolute atomic E-state index is 0.0294. The highest BCUT2D eigenvalue weighted by Crippen LogP contribution is 2.38. The molecule has 0 aromatic heterocycles. The molecule has 0 aliphatic heterocycles. The molecular formula is C16H25N3O. The summed E-state index contributed by atoms with van der Waals surface area (Å²) < 4.78 is 0. The van der Waals surface area contributed by atoms with Gasteiger partial charge in [-0.25, -0.2) is 4.79 Å². The topological polar surface area (TPSA) is 44.4 Å². The van der Waals surface area contributed by atoms with Crippen molar-refractivity contribution in [2.24, 2.45) is 0 Å². The number of hydrogen-bond acceptors (Lipinski definition) is 2. The molecule has 0 heterocycles. The predicted molar refractivity (Wildman–Crippen MR) is 82.0 cm³/mol. The summed E-state index contributed by atoms with van der Waals surface area (Å²) in [6.07, 6.45) is 2.40. The smallest absolute Gasteiger partial charge is 0.316 e. The third-order valence-corrected chi connectivity index (χ3v) is 4.01. The van der Waals surface area contributed by atoms with Crippen LogP contribution >= 0.6 is 0 Å². The molecular weight excluding hydrogens is 250 g/mol. The van der Waals surface area contributed by atoms with Crippen LogP contribution in [-0.2, 0) is 0 Å². The predicted octanol–water partition coefficient (Wildman–Crippen LogP) is 2.10. The number of hydrogen-bond donors (Lipinski definition) is 2. The van der Waals surface area contributed by atoms with Crippen LogP contribution in [0.25, 0.3) is 0 Å². The van der Waals surface area contributed by atoms with Crippen molar-refractivity contribution in [3.05, 3.63) is 35.4 Å². The van der Waals surface area contributed by atoms with Gasteiger partial charge < -0.3 is 15.5 Å². The first-order chi connectivity index (χ1) is 9.58. The molecule has 2 N–H and O–H groups in total. The number of rotatable bonds is 5. The highest BCUT2D eigenvalue weighted by molar-refractivity contribution is 5.73. The number of benzene rings is 1. The summed E-state index contributed by atoms with van der Waals surface area (Å²) in [6, 6.07) is 9.22. The van der Waals surface area contributed by atoms with Crippen LogP contribution in [-0.4, -0.2) is 44.2 Å². The van der Waals surface area contributed by atoms with E-state index in [1.807, 2.05) is 0 Å². The van der Waals surface area contributed by atoms with Crippen LogP contribution in [0, 0.1) is 6.92 Å². The van der Waals surface area contributed by atoms with Crippen molar-refractivity contribution < 1.29 is 4.79 Å². The van der Waals surface area contributed by atoms with Crippen LogP contribution in [0.2, 0.25) is 0 Å². The van der Waals surface area contributed by atoms with Gasteiger partial charge in [-0.3, -0.25) is 0 Å². The van der Waals surface area contributed by atoms with Crippen LogP contribution in [0.4, 0.5) is 4.79 Å². The van der Waals surface area contributed by atoms with Crippen LogP contribution in [0.15, 0.2) is 24.3 Å². The summed E-state index contributed by atoms with van der Waals surface area (Å²) in [5, 5.41) is 6.36. The molecule has 1 aliphatic rings. The highest BCUT2D eigenvalue weighted by atomic mass is 16.2. The van der Waals surface area contributed by atoms with Crippen LogP contribution < -0.4 is 10.6 Å². The van der Waals surface area contributed by atoms with Crippen LogP contribution in [0.1, 0.15) is 29.9 Å². The zero-order chi connectivity index (χ0) is 14.5. The average Bonchev–Trinajstić information content (AvgIpc) is 2.37. The third-order valence-electron chi connectivity index (χ3n) is 4.01. The van der Waals surface area contributed by atoms with Gasteiger partial charge in [0.2, 0.25) is 0 Å². The van der Waals surface area contributed by atoms with Gasteiger partial charge >= 0.3 is 6.03 Å². The normalized spacial score (nSPS) is 21.1. The molecule has 0 atom stereocenters. The van der Waals surface area contributed by atoms with Crippen molar-refractivity contribution >= 4 is 6.03 Å². The Morgan fingerprint density at radius 1 is 1.25 bits per heavy atom. The Bertz CT molecular complexity index is 453. The lowest BCUT2D eigenvalue weighted by Gasteiger charge is -2.37. The van der Waals surface area contributed by atoms with Crippen molar-refractivity contribution in [1.29, 1.82) is 0 Å². The zero-order valence-corrected chi connectivity index (χ0v) is 12.6. The maximum absolute atomic E-state index is 11.3. The van der Waals surface area contributed by atoms with Gasteiger partial charge in [0.25, 0.3) is 0 Å². The van der Waals surface area contributed by atoms with Crippen molar-refractivity contribution in [3.8, 4) is 0 Å². The number of aryl methyl sites for hydroxylation is 1. The summed E-state index contributed by atoms with van der Waals surface area (Å²) in [5.41, 5.74) is 2.89. The minimum atomic E-state index is -0.0294. The first-order valence-corrected chi connectivity index (χ1v) is 7.32. The Kier molecular flexibility index (Phi) is 5.01. The van der Waals surface area contributed by atoms with Crippen molar-refractivity contribution in [3.63, 3.8) is 0 Å². The standard InChI is InChI=1S/C16H25N3O/c1-12-6-4-5-7-15(12)13-10-14(11-13)17-8-9-18-16(20)19(2)3/h4-7,13-14,17H,8-11H2,1-3H3,(H,18,20). The number of amides is 2. The molecule has 1 aromatic rings. The van der Waals surface area contributed by atoms with E-state index in [1.165, 1.54) is 24.0 Å². The maximum Gasteiger partial charge on any atom is 0.316 e. The van der Waals surface area contributed by atoms with Gasteiger partial charge in [0, 0.05) is 33.2 Å². The fourth-order valence-electron chi connectivity index (χ4n) is 2.69. The second kappa shape index (κ2) is 6.75. The SMILES string of the molecule is Cc1ccccc1C1CC(NCCNC(=O)N(C)C)C1. The number of nitrogens with zero attached hydrogens (tertiary/aromatic N) is 1. The lowest BCUT2D eigenvalue weighted by atomic mass is 9.74. The molecule has 0 radical (unpaired) electrons. The molecule has 1 saturated carbocycles. The molecule has 1 aliphatic carbocycles. The van der Waals surface area contributed by atoms with Gasteiger partial charge in [0.1, 0.15) is 0 Å². The Balaban J connectivity index is 1.63. The minimum Gasteiger partial charge on any atom is -0.337 e. The Hall–Kier alpha value is -1.55. The Labute approximate surface area is 121 Å². The highest BCUT2D eigenvalue weighted by Gasteiger charge is 2.30. The largest absolute Gasteiger partial charge is 0.337 e. The van der Waals surface area contributed by atoms with E-state index in [-0.39, 0.29) is 6.03 Å². The third kappa shape index (κ3) is 3.73. The summed E-state index contributed by atoms with van der Waals surface area (Å²) in [6.45, 7) is 3.71. The molecule has 2 rings (SSSR count). The Morgan fingerprint density at radius 3 is 2.60 bits per heavy atom. The summed E-state index contributed by atoms with van der Waals surface area (Å²) in [5.74, 6) is 0.699. The van der Waals surface area contributed by atoms with Gasteiger partial charge in [-0.15, -0.1) is 0 Å². The molecule has 0 bridgehead atoms. The molecule has 20 heavy (non-hydrogen) atoms. The second-order valence-corrected chi connectivity index (χ2v) is 5.80. The van der Waals surface area contributed by atoms with E-state index in [0.717, 1.165) is 6.54 Å². The van der Waals surface area contributed by atoms with Crippen molar-refractivity contribution in [2.45, 2.75) is 31.7 Å². The van der Waals surface area contributed by atoms with Gasteiger partial charge in [-0.1, -0.05) is 24.3 Å². The zero-order valence-electron chi connectivity index (χ0n) is 12.6. The lowest BCUT2D eigenvalue weighted by molar-refractivity contribution is 0.216. The Morgan fingerprint density at radius 2 is 1.95 bits per heavy atom. The number of carbonyl (C=O) groups is 1. The molecule has 110 valence electrons. The second-order valence-electron chi connectivity index (χ2n) is 5.80. The van der Waals surface area contributed by atoms with Gasteiger partial charge in [0.15, 0.2) is 0 Å². The van der Waals surface area contributed by atoms with E-state index < -0.39 is 0 Å². The van der Waals surface area contributed by atoms with Crippen LogP contribution in [0.5, 0.6) is 0 Å². The fourth-order valence-corrected chi connectivity index (χ4v) is 2.69. The summed E-state index contributed by atoms with van der Waals surface area (Å²) in [7, 11) is 3.50. The summed E-state index contributed by atoms with van der Waals surface area (Å²) in [4.78, 5) is 12.9. The van der Waals surface area contributed by atoms with E-state index >= 15 is 0 Å². The number of nitrogens with one attached hydrogen (secondary N) is 2. The average molecular weight is 275 g/mol. The van der Waals surface area contributed by atoms with E-state index in [9.17, 15) is 4.79 Å². The lowest BCUT2D eigenvalue weighted by Crippen LogP contribution is -2.44. The van der Waals surface area contributed by atoms with Crippen molar-refractivity contribution in [1.82, 2.24) is 15.5 Å². The number of urea groups is 1. The first kappa shape index (κ1) is 14.9. The molecule has 4 heteroatoms. The molecule has 0 saturated heterocycles. The molecule has 1 aromatic carbocycles. The fraction of sp³-hybridized carbons (Fsp3) is 0.562. The molecule has 2 amide bonds. The van der Waals surface area contributed by atoms with E-state index in [1.54, 1.807) is 19.0 Å². The first-order valence-electron chi connectivity index (χ1n) is 7.32. The quantitative estimate of drug-likeness (QED) is 0.808. The molecule has 0 spiro atoms. The molecule has 1 fully saturated rings. The van der Waals surface area contributed by atoms with E-state index in [2.05, 4.69) is 41.8 Å². The van der Waals surface area contributed by atoms with E-state index in [4.69, 9.17) is 0 Å². The van der Waals surface area contributed by atoms with E-state index in [0.29, 0.717) is 18.5 Å².